The summed E-state index contributed by atoms with van der Waals surface area (Å²) in [5, 5.41) is 18.8. The Morgan fingerprint density at radius 1 is 0.576 bits per heavy atom. The van der Waals surface area contributed by atoms with Gasteiger partial charge in [0, 0.05) is 68.1 Å². The van der Waals surface area contributed by atoms with Crippen LogP contribution in [-0.4, -0.2) is 85.8 Å². The van der Waals surface area contributed by atoms with Crippen LogP contribution >= 0.6 is 93.7 Å². The lowest BCUT2D eigenvalue weighted by Crippen LogP contribution is -2.28. The van der Waals surface area contributed by atoms with E-state index in [0.29, 0.717) is 49.7 Å². The van der Waals surface area contributed by atoms with E-state index in [1.54, 1.807) is 54.9 Å². The highest BCUT2D eigenvalue weighted by Crippen LogP contribution is 2.35. The van der Waals surface area contributed by atoms with Gasteiger partial charge in [-0.1, -0.05) is 52.5 Å². The van der Waals surface area contributed by atoms with E-state index in [4.69, 9.17) is 75.8 Å². The Morgan fingerprint density at radius 3 is 1.47 bits per heavy atom. The Bertz CT molecular complexity index is 2770. The Morgan fingerprint density at radius 2 is 1.02 bits per heavy atom. The number of benzene rings is 4. The van der Waals surface area contributed by atoms with Crippen molar-refractivity contribution in [3.8, 4) is 40.2 Å². The summed E-state index contributed by atoms with van der Waals surface area (Å²) in [7, 11) is 0. The maximum Gasteiger partial charge on any atom is 0.369 e. The number of aromatic nitrogens is 8. The number of imidazole rings is 2. The Balaban J connectivity index is 0.000000166. The number of fused-ring (bicyclic) bond motifs is 2. The molecule has 0 saturated carbocycles. The molecule has 0 atom stereocenters. The largest absolute Gasteiger partial charge is 0.508 e. The quantitative estimate of drug-likeness (QED) is 0.125. The molecule has 0 bridgehead atoms. The molecule has 21 heteroatoms. The van der Waals surface area contributed by atoms with Gasteiger partial charge in [-0.05, 0) is 111 Å². The van der Waals surface area contributed by atoms with Gasteiger partial charge >= 0.3 is 3.18 Å². The lowest BCUT2D eigenvalue weighted by molar-refractivity contribution is 0.0902. The molecule has 4 aromatic carbocycles. The number of nitrogens with one attached hydrogen (secondary N) is 2. The van der Waals surface area contributed by atoms with Crippen molar-refractivity contribution >= 4 is 131 Å². The molecular weight excluding hydrogens is 1120 g/mol. The number of rotatable bonds is 8. The summed E-state index contributed by atoms with van der Waals surface area (Å²) >= 11 is 34.1. The summed E-state index contributed by atoms with van der Waals surface area (Å²) in [6.07, 6.45) is 7.17. The first kappa shape index (κ1) is 48.4. The van der Waals surface area contributed by atoms with Crippen LogP contribution in [0.1, 0.15) is 31.2 Å². The molecule has 2 fully saturated rings. The Labute approximate surface area is 426 Å². The molecule has 6 heterocycles. The fraction of sp³-hybridized carbons (Fsp3) is 0.244. The molecule has 0 unspecified atom stereocenters. The topological polar surface area (TPSA) is 150 Å². The number of halogens is 7. The first-order valence-corrected chi connectivity index (χ1v) is 25.0. The molecule has 10 rings (SSSR count). The van der Waals surface area contributed by atoms with Gasteiger partial charge in [0.15, 0.2) is 0 Å². The number of phenolic OH excluding ortho intramolecular Hbond substituents is 1. The number of aromatic hydroxyl groups is 1. The molecule has 13 nitrogen and oxygen atoms in total. The van der Waals surface area contributed by atoms with Crippen molar-refractivity contribution < 1.29 is 14.6 Å². The zero-order chi connectivity index (χ0) is 46.3. The Hall–Kier alpha value is -4.04. The molecule has 2 aliphatic rings. The van der Waals surface area contributed by atoms with Crippen LogP contribution in [0.5, 0.6) is 5.75 Å². The van der Waals surface area contributed by atoms with Crippen LogP contribution in [0.3, 0.4) is 0 Å². The second-order valence-electron chi connectivity index (χ2n) is 15.3. The minimum Gasteiger partial charge on any atom is -0.508 e. The molecule has 340 valence electrons. The van der Waals surface area contributed by atoms with Crippen molar-refractivity contribution in [1.82, 2.24) is 39.0 Å². The molecule has 3 N–H and O–H groups in total. The number of anilines is 2. The van der Waals surface area contributed by atoms with Gasteiger partial charge in [-0.15, -0.1) is 47.3 Å². The third-order valence-electron chi connectivity index (χ3n) is 10.7. The number of nitrogens with zero attached hydrogens (tertiary/aromatic N) is 8. The predicted octanol–water partition coefficient (Wildman–Crippen LogP) is 12.9. The SMILES string of the molecule is BrB(Br)Br.Cc1ccc2nc(-c3ccc(Cl)c(Cl)c3)n(-c3ccnc(NC4CCOCC4)n3)c2c1.Oc1ccc2nc(-c3ccc(Cl)c(Cl)c3)n(-c3ccnc(NC4CCOCC4)n3)c2c1. The van der Waals surface area contributed by atoms with Crippen LogP contribution in [0.4, 0.5) is 11.9 Å². The van der Waals surface area contributed by atoms with Crippen LogP contribution in [0.15, 0.2) is 97.3 Å². The fourth-order valence-corrected chi connectivity index (χ4v) is 8.10. The molecule has 0 spiro atoms. The van der Waals surface area contributed by atoms with Gasteiger partial charge < -0.3 is 25.2 Å². The van der Waals surface area contributed by atoms with Crippen LogP contribution < -0.4 is 10.6 Å². The number of phenols is 1. The maximum absolute atomic E-state index is 10.1. The van der Waals surface area contributed by atoms with Crippen LogP contribution in [0.25, 0.3) is 56.5 Å². The average molecular weight is 1160 g/mol. The second kappa shape index (κ2) is 22.4. The normalized spacial score (nSPS) is 14.3. The lowest BCUT2D eigenvalue weighted by Gasteiger charge is -2.23. The lowest BCUT2D eigenvalue weighted by atomic mass is 10.1. The van der Waals surface area contributed by atoms with E-state index >= 15 is 0 Å². The molecule has 8 aromatic rings. The molecule has 2 aliphatic heterocycles. The number of ether oxygens (including phenoxy) is 2. The van der Waals surface area contributed by atoms with E-state index in [0.717, 1.165) is 103 Å². The maximum atomic E-state index is 10.1. The van der Waals surface area contributed by atoms with Crippen LogP contribution in [0, 0.1) is 6.92 Å². The zero-order valence-corrected chi connectivity index (χ0v) is 42.9. The summed E-state index contributed by atoms with van der Waals surface area (Å²) in [6, 6.07) is 26.4. The highest BCUT2D eigenvalue weighted by atomic mass is 79.9. The van der Waals surface area contributed by atoms with E-state index in [1.807, 2.05) is 39.5 Å². The number of aryl methyl sites for hydroxylation is 1. The minimum absolute atomic E-state index is 0.143. The van der Waals surface area contributed by atoms with Crippen molar-refractivity contribution in [1.29, 1.82) is 0 Å². The van der Waals surface area contributed by atoms with Crippen molar-refractivity contribution in [2.45, 2.75) is 44.7 Å². The van der Waals surface area contributed by atoms with E-state index in [1.165, 1.54) is 0 Å². The highest BCUT2D eigenvalue weighted by molar-refractivity contribution is 9.69. The van der Waals surface area contributed by atoms with Crippen molar-refractivity contribution in [3.63, 3.8) is 0 Å². The van der Waals surface area contributed by atoms with E-state index in [9.17, 15) is 5.11 Å². The summed E-state index contributed by atoms with van der Waals surface area (Å²) < 4.78 is 15.1. The molecule has 2 saturated heterocycles. The monoisotopic (exact) mass is 1160 g/mol. The van der Waals surface area contributed by atoms with E-state index in [2.05, 4.69) is 86.9 Å². The second-order valence-corrected chi connectivity index (χ2v) is 23.3. The number of hydrogen-bond donors (Lipinski definition) is 3. The molecule has 0 aliphatic carbocycles. The van der Waals surface area contributed by atoms with Gasteiger partial charge in [-0.3, -0.25) is 9.13 Å². The standard InChI is InChI=1S/C23H21Cl2N5O.C22H19Cl2N5O2.BBr3/c1-14-2-5-19-20(12-14)30(22(28-19)15-3-4-17(24)18(25)13-15)21-6-9-26-23(29-21)27-16-7-10-31-11-8-16;23-16-3-1-13(11-17(16)24)21-27-18-4-2-15(30)12-19(18)29(21)20-5-8-25-22(28-20)26-14-6-9-31-10-7-14;2-1(3)4/h2-6,9,12-13,16H,7-8,10-11H2,1H3,(H,26,27,29);1-5,8,11-12,14,30H,6-7,9-10H2,(H,25,26,28);. The van der Waals surface area contributed by atoms with Crippen LogP contribution in [0.2, 0.25) is 20.1 Å². The molecular formula is C45H40BBr3Cl4N10O3. The smallest absolute Gasteiger partial charge is 0.369 e. The molecule has 4 aromatic heterocycles. The zero-order valence-electron chi connectivity index (χ0n) is 35.1. The molecule has 0 radical (unpaired) electrons. The first-order valence-electron chi connectivity index (χ1n) is 20.8. The van der Waals surface area contributed by atoms with Gasteiger partial charge in [0.1, 0.15) is 29.0 Å². The number of hydrogen-bond acceptors (Lipinski definition) is 11. The highest BCUT2D eigenvalue weighted by Gasteiger charge is 2.21. The van der Waals surface area contributed by atoms with Crippen LogP contribution in [-0.2, 0) is 9.47 Å². The summed E-state index contributed by atoms with van der Waals surface area (Å²) in [5.41, 5.74) is 6.07. The summed E-state index contributed by atoms with van der Waals surface area (Å²) in [6.45, 7) is 5.02. The third-order valence-corrected chi connectivity index (χ3v) is 12.1. The minimum atomic E-state index is 0.143. The van der Waals surface area contributed by atoms with Crippen molar-refractivity contribution in [2.75, 3.05) is 37.1 Å². The first-order chi connectivity index (χ1) is 31.9. The van der Waals surface area contributed by atoms with Gasteiger partial charge in [-0.25, -0.2) is 19.9 Å². The van der Waals surface area contributed by atoms with Gasteiger partial charge in [0.05, 0.1) is 42.2 Å². The molecule has 66 heavy (non-hydrogen) atoms. The fourth-order valence-electron chi connectivity index (χ4n) is 7.51. The Kier molecular flexibility index (Phi) is 16.4. The summed E-state index contributed by atoms with van der Waals surface area (Å²) in [5.74, 6) is 4.01. The van der Waals surface area contributed by atoms with Gasteiger partial charge in [0.25, 0.3) is 0 Å². The van der Waals surface area contributed by atoms with Gasteiger partial charge in [0.2, 0.25) is 11.9 Å². The van der Waals surface area contributed by atoms with E-state index < -0.39 is 0 Å². The molecule has 0 amide bonds. The third kappa shape index (κ3) is 12.0. The summed E-state index contributed by atoms with van der Waals surface area (Å²) in [4.78, 5) is 28.0. The van der Waals surface area contributed by atoms with Crippen molar-refractivity contribution in [3.05, 3.63) is 123 Å². The average Bonchev–Trinajstić information content (AvgIpc) is 3.88. The van der Waals surface area contributed by atoms with Gasteiger partial charge in [-0.2, -0.15) is 9.97 Å². The predicted molar refractivity (Wildman–Crippen MR) is 278 cm³/mol. The van der Waals surface area contributed by atoms with E-state index in [-0.39, 0.29) is 15.0 Å². The van der Waals surface area contributed by atoms with Crippen molar-refractivity contribution in [2.24, 2.45) is 0 Å².